The molecule has 2 amide bonds. The third-order valence-electron chi connectivity index (χ3n) is 3.23. The zero-order valence-corrected chi connectivity index (χ0v) is 17.6. The van der Waals surface area contributed by atoms with Gasteiger partial charge in [-0.25, -0.2) is 8.42 Å². The van der Waals surface area contributed by atoms with Crippen LogP contribution in [0.4, 0.5) is 11.4 Å². The lowest BCUT2D eigenvalue weighted by atomic mass is 10.1. The zero-order valence-electron chi connectivity index (χ0n) is 14.4. The van der Waals surface area contributed by atoms with Gasteiger partial charge >= 0.3 is 0 Å². The number of nitrogens with one attached hydrogen (secondary N) is 2. The standard InChI is InChI=1S/C16H18BrN3O4S2/c1-10(21)18-12-4-5-15(19-26(3,23)24)14(7-12)16(22)20(2)8-13-6-11(17)9-25-13/h4-7,9,19H,8H2,1-3H3,(H,18,21). The molecule has 1 aromatic heterocycles. The monoisotopic (exact) mass is 459 g/mol. The number of amides is 2. The van der Waals surface area contributed by atoms with Crippen LogP contribution in [0.15, 0.2) is 34.1 Å². The molecule has 0 unspecified atom stereocenters. The second-order valence-corrected chi connectivity index (χ2v) is 9.37. The van der Waals surface area contributed by atoms with Crippen molar-refractivity contribution in [3.8, 4) is 0 Å². The van der Waals surface area contributed by atoms with Crippen molar-refractivity contribution < 1.29 is 18.0 Å². The quantitative estimate of drug-likeness (QED) is 0.693. The van der Waals surface area contributed by atoms with Crippen LogP contribution in [0.25, 0.3) is 0 Å². The Morgan fingerprint density at radius 3 is 2.50 bits per heavy atom. The number of rotatable bonds is 6. The minimum atomic E-state index is -3.56. The number of nitrogens with zero attached hydrogens (tertiary/aromatic N) is 1. The van der Waals surface area contributed by atoms with Crippen molar-refractivity contribution in [2.24, 2.45) is 0 Å². The van der Waals surface area contributed by atoms with Crippen LogP contribution >= 0.6 is 27.3 Å². The summed E-state index contributed by atoms with van der Waals surface area (Å²) in [5.41, 5.74) is 0.720. The highest BCUT2D eigenvalue weighted by molar-refractivity contribution is 9.10. The highest BCUT2D eigenvalue weighted by Gasteiger charge is 2.19. The van der Waals surface area contributed by atoms with Crippen molar-refractivity contribution in [1.29, 1.82) is 0 Å². The summed E-state index contributed by atoms with van der Waals surface area (Å²) in [6, 6.07) is 6.35. The number of halogens is 1. The fourth-order valence-corrected chi connectivity index (χ4v) is 4.32. The Bertz CT molecular complexity index is 941. The van der Waals surface area contributed by atoms with Crippen molar-refractivity contribution in [2.75, 3.05) is 23.3 Å². The Balaban J connectivity index is 2.35. The predicted molar refractivity (Wildman–Crippen MR) is 107 cm³/mol. The summed E-state index contributed by atoms with van der Waals surface area (Å²) >= 11 is 4.88. The molecule has 0 fully saturated rings. The maximum Gasteiger partial charge on any atom is 0.256 e. The molecule has 0 aliphatic carbocycles. The number of anilines is 2. The van der Waals surface area contributed by atoms with Crippen molar-refractivity contribution >= 4 is 60.5 Å². The van der Waals surface area contributed by atoms with E-state index in [1.54, 1.807) is 7.05 Å². The number of carbonyl (C=O) groups excluding carboxylic acids is 2. The van der Waals surface area contributed by atoms with Gasteiger partial charge in [0.2, 0.25) is 15.9 Å². The van der Waals surface area contributed by atoms with Gasteiger partial charge in [0.05, 0.1) is 24.1 Å². The smallest absolute Gasteiger partial charge is 0.256 e. The average Bonchev–Trinajstić information content (AvgIpc) is 2.91. The molecular weight excluding hydrogens is 442 g/mol. The molecule has 2 rings (SSSR count). The molecule has 0 aliphatic rings. The zero-order chi connectivity index (χ0) is 19.5. The first-order valence-corrected chi connectivity index (χ1v) is 11.0. The maximum absolute atomic E-state index is 12.9. The highest BCUT2D eigenvalue weighted by atomic mass is 79.9. The highest BCUT2D eigenvalue weighted by Crippen LogP contribution is 2.25. The molecule has 1 heterocycles. The molecule has 0 radical (unpaired) electrons. The second kappa shape index (κ2) is 8.19. The van der Waals surface area contributed by atoms with Gasteiger partial charge < -0.3 is 10.2 Å². The first-order chi connectivity index (χ1) is 12.0. The van der Waals surface area contributed by atoms with E-state index < -0.39 is 10.0 Å². The van der Waals surface area contributed by atoms with Crippen LogP contribution in [0.1, 0.15) is 22.2 Å². The first kappa shape index (κ1) is 20.4. The van der Waals surface area contributed by atoms with Gasteiger partial charge in [-0.05, 0) is 40.2 Å². The van der Waals surface area contributed by atoms with Crippen molar-refractivity contribution in [1.82, 2.24) is 4.90 Å². The maximum atomic E-state index is 12.9. The minimum Gasteiger partial charge on any atom is -0.336 e. The van der Waals surface area contributed by atoms with Crippen molar-refractivity contribution in [2.45, 2.75) is 13.5 Å². The molecule has 1 aromatic carbocycles. The van der Waals surface area contributed by atoms with Crippen LogP contribution in [0.5, 0.6) is 0 Å². The lowest BCUT2D eigenvalue weighted by molar-refractivity contribution is -0.114. The van der Waals surface area contributed by atoms with Gasteiger partial charge in [0.25, 0.3) is 5.91 Å². The predicted octanol–water partition coefficient (Wildman–Crippen LogP) is 3.11. The second-order valence-electron chi connectivity index (χ2n) is 5.71. The molecule has 140 valence electrons. The summed E-state index contributed by atoms with van der Waals surface area (Å²) in [4.78, 5) is 26.6. The van der Waals surface area contributed by atoms with Crippen molar-refractivity contribution in [3.63, 3.8) is 0 Å². The molecule has 0 saturated carbocycles. The van der Waals surface area contributed by atoms with E-state index in [1.165, 1.54) is 41.4 Å². The fraction of sp³-hybridized carbons (Fsp3) is 0.250. The van der Waals surface area contributed by atoms with E-state index in [-0.39, 0.29) is 23.1 Å². The number of benzene rings is 1. The normalized spacial score (nSPS) is 11.1. The van der Waals surface area contributed by atoms with Gasteiger partial charge in [0.1, 0.15) is 0 Å². The molecule has 10 heteroatoms. The third-order valence-corrected chi connectivity index (χ3v) is 5.50. The molecule has 2 aromatic rings. The van der Waals surface area contributed by atoms with E-state index in [1.807, 2.05) is 11.4 Å². The number of carbonyl (C=O) groups is 2. The van der Waals surface area contributed by atoms with E-state index in [2.05, 4.69) is 26.0 Å². The van der Waals surface area contributed by atoms with Crippen LogP contribution in [0.2, 0.25) is 0 Å². The van der Waals surface area contributed by atoms with Crippen LogP contribution in [0.3, 0.4) is 0 Å². The Morgan fingerprint density at radius 2 is 1.96 bits per heavy atom. The lowest BCUT2D eigenvalue weighted by Gasteiger charge is -2.19. The number of thiophene rings is 1. The molecule has 2 N–H and O–H groups in total. The first-order valence-electron chi connectivity index (χ1n) is 7.43. The Kier molecular flexibility index (Phi) is 6.43. The minimum absolute atomic E-state index is 0.153. The largest absolute Gasteiger partial charge is 0.336 e. The molecule has 26 heavy (non-hydrogen) atoms. The topological polar surface area (TPSA) is 95.6 Å². The molecule has 0 atom stereocenters. The van der Waals surface area contributed by atoms with Crippen LogP contribution in [-0.4, -0.2) is 38.4 Å². The van der Waals surface area contributed by atoms with Gasteiger partial charge in [-0.15, -0.1) is 11.3 Å². The van der Waals surface area contributed by atoms with E-state index in [4.69, 9.17) is 0 Å². The third kappa shape index (κ3) is 5.82. The summed E-state index contributed by atoms with van der Waals surface area (Å²) in [5.74, 6) is -0.656. The van der Waals surface area contributed by atoms with Crippen LogP contribution in [-0.2, 0) is 21.4 Å². The lowest BCUT2D eigenvalue weighted by Crippen LogP contribution is -2.27. The number of hydrogen-bond donors (Lipinski definition) is 2. The van der Waals surface area contributed by atoms with Gasteiger partial charge in [-0.1, -0.05) is 0 Å². The van der Waals surface area contributed by atoms with Gasteiger partial charge in [0, 0.05) is 34.4 Å². The Morgan fingerprint density at radius 1 is 1.27 bits per heavy atom. The Hall–Kier alpha value is -1.91. The van der Waals surface area contributed by atoms with E-state index in [9.17, 15) is 18.0 Å². The van der Waals surface area contributed by atoms with Gasteiger partial charge in [0.15, 0.2) is 0 Å². The summed E-state index contributed by atoms with van der Waals surface area (Å²) < 4.78 is 26.5. The number of hydrogen-bond acceptors (Lipinski definition) is 5. The van der Waals surface area contributed by atoms with Crippen molar-refractivity contribution in [3.05, 3.63) is 44.6 Å². The van der Waals surface area contributed by atoms with Gasteiger partial charge in [-0.2, -0.15) is 0 Å². The molecule has 0 spiro atoms. The van der Waals surface area contributed by atoms with E-state index in [0.717, 1.165) is 15.6 Å². The van der Waals surface area contributed by atoms with Gasteiger partial charge in [-0.3, -0.25) is 14.3 Å². The summed E-state index contributed by atoms with van der Waals surface area (Å²) in [7, 11) is -1.93. The molecule has 0 bridgehead atoms. The molecule has 0 aliphatic heterocycles. The van der Waals surface area contributed by atoms with E-state index in [0.29, 0.717) is 12.2 Å². The molecule has 7 nitrogen and oxygen atoms in total. The summed E-state index contributed by atoms with van der Waals surface area (Å²) in [6.07, 6.45) is 1.01. The average molecular weight is 460 g/mol. The molecule has 0 saturated heterocycles. The summed E-state index contributed by atoms with van der Waals surface area (Å²) in [6.45, 7) is 1.72. The fourth-order valence-electron chi connectivity index (χ4n) is 2.24. The summed E-state index contributed by atoms with van der Waals surface area (Å²) in [5, 5.41) is 4.51. The molecular formula is C16H18BrN3O4S2. The van der Waals surface area contributed by atoms with E-state index >= 15 is 0 Å². The Labute approximate surface area is 164 Å². The SMILES string of the molecule is CC(=O)Nc1ccc(NS(C)(=O)=O)c(C(=O)N(C)Cc2cc(Br)cs2)c1. The van der Waals surface area contributed by atoms with Crippen LogP contribution < -0.4 is 10.0 Å². The van der Waals surface area contributed by atoms with Crippen LogP contribution in [0, 0.1) is 0 Å². The number of sulfonamides is 1.